The van der Waals surface area contributed by atoms with Crippen LogP contribution in [0.4, 0.5) is 5.95 Å². The number of aliphatic carboxylic acids is 1. The number of hydrogen-bond acceptors (Lipinski definition) is 5. The maximum atomic E-state index is 10.8. The van der Waals surface area contributed by atoms with Gasteiger partial charge in [0.25, 0.3) is 0 Å². The molecule has 0 saturated carbocycles. The van der Waals surface area contributed by atoms with Gasteiger partial charge in [-0.05, 0) is 18.3 Å². The Kier molecular flexibility index (Phi) is 3.03. The Hall–Kier alpha value is -1.92. The highest BCUT2D eigenvalue weighted by atomic mass is 16.6. The van der Waals surface area contributed by atoms with E-state index in [0.29, 0.717) is 5.69 Å². The minimum absolute atomic E-state index is 0.209. The monoisotopic (exact) mass is 212 g/mol. The lowest BCUT2D eigenvalue weighted by Gasteiger charge is -2.16. The maximum absolute atomic E-state index is 10.8. The van der Waals surface area contributed by atoms with Crippen molar-refractivity contribution in [3.63, 3.8) is 0 Å². The minimum atomic E-state index is -1.35. The van der Waals surface area contributed by atoms with Gasteiger partial charge in [0.05, 0.1) is 5.97 Å². The Bertz CT molecular complexity index is 399. The molecule has 15 heavy (non-hydrogen) atoms. The summed E-state index contributed by atoms with van der Waals surface area (Å²) in [5.41, 5.74) is 0.428. The summed E-state index contributed by atoms with van der Waals surface area (Å²) < 4.78 is 1.06. The van der Waals surface area contributed by atoms with Crippen LogP contribution in [0.25, 0.3) is 0 Å². The number of nitrogens with zero attached hydrogens (tertiary/aromatic N) is 3. The highest BCUT2D eigenvalue weighted by molar-refractivity contribution is 5.70. The molecule has 1 rings (SSSR count). The molecule has 7 heteroatoms. The van der Waals surface area contributed by atoms with Gasteiger partial charge in [-0.15, -0.1) is 0 Å². The first-order valence-electron chi connectivity index (χ1n) is 4.38. The Morgan fingerprint density at radius 3 is 2.73 bits per heavy atom. The number of carbonyl (C=O) groups is 1. The van der Waals surface area contributed by atoms with Gasteiger partial charge in [0, 0.05) is 0 Å². The Labute approximate surface area is 85.5 Å². The summed E-state index contributed by atoms with van der Waals surface area (Å²) in [7, 11) is 0. The maximum Gasteiger partial charge on any atom is 0.435 e. The normalized spacial score (nSPS) is 12.4. The topological polar surface area (TPSA) is 101 Å². The van der Waals surface area contributed by atoms with Crippen LogP contribution in [0, 0.1) is 17.0 Å². The molecule has 1 atom stereocenters. The summed E-state index contributed by atoms with van der Waals surface area (Å²) in [6, 6.07) is -1.05. The molecule has 0 saturated heterocycles. The summed E-state index contributed by atoms with van der Waals surface area (Å²) in [6.45, 7) is 3.18. The number of imidazole rings is 1. The van der Waals surface area contributed by atoms with Crippen LogP contribution in [0.5, 0.6) is 0 Å². The van der Waals surface area contributed by atoms with E-state index >= 15 is 0 Å². The van der Waals surface area contributed by atoms with Crippen molar-refractivity contribution in [3.05, 3.63) is 22.0 Å². The SMILES string of the molecule is CCC(C(=O)[O-])n1c(C)cnc1[N+](=O)[O-]. The number of aryl methyl sites for hydroxylation is 1. The zero-order valence-electron chi connectivity index (χ0n) is 8.34. The van der Waals surface area contributed by atoms with Crippen LogP contribution in [-0.4, -0.2) is 20.4 Å². The minimum Gasteiger partial charge on any atom is -0.546 e. The van der Waals surface area contributed by atoms with Crippen LogP contribution in [0.3, 0.4) is 0 Å². The number of nitro groups is 1. The van der Waals surface area contributed by atoms with Gasteiger partial charge in [0.1, 0.15) is 17.9 Å². The molecule has 0 aromatic carbocycles. The van der Waals surface area contributed by atoms with Gasteiger partial charge in [-0.3, -0.25) is 0 Å². The second kappa shape index (κ2) is 4.07. The fraction of sp³-hybridized carbons (Fsp3) is 0.500. The predicted octanol–water partition coefficient (Wildman–Crippen LogP) is -0.199. The lowest BCUT2D eigenvalue weighted by molar-refractivity contribution is -0.397. The molecule has 0 N–H and O–H groups in total. The third-order valence-corrected chi connectivity index (χ3v) is 2.10. The molecule has 1 unspecified atom stereocenters. The van der Waals surface area contributed by atoms with Gasteiger partial charge < -0.3 is 20.0 Å². The molecule has 1 aromatic heterocycles. The van der Waals surface area contributed by atoms with Crippen molar-refractivity contribution >= 4 is 11.9 Å². The number of carbonyl (C=O) groups excluding carboxylic acids is 1. The lowest BCUT2D eigenvalue weighted by atomic mass is 10.2. The molecule has 0 amide bonds. The van der Waals surface area contributed by atoms with Gasteiger partial charge in [-0.1, -0.05) is 11.9 Å². The quantitative estimate of drug-likeness (QED) is 0.508. The van der Waals surface area contributed by atoms with Crippen molar-refractivity contribution < 1.29 is 14.8 Å². The summed E-state index contributed by atoms with van der Waals surface area (Å²) in [4.78, 5) is 24.2. The average Bonchev–Trinajstić information content (AvgIpc) is 2.49. The van der Waals surface area contributed by atoms with Crippen LogP contribution in [-0.2, 0) is 4.79 Å². The highest BCUT2D eigenvalue weighted by Gasteiger charge is 2.25. The molecular formula is C8H10N3O4-. The first kappa shape index (κ1) is 11.2. The zero-order chi connectivity index (χ0) is 11.6. The highest BCUT2D eigenvalue weighted by Crippen LogP contribution is 2.21. The number of rotatable bonds is 4. The Balaban J connectivity index is 3.26. The number of carboxylic acid groups (broad SMARTS) is 1. The molecule has 0 bridgehead atoms. The van der Waals surface area contributed by atoms with Crippen molar-refractivity contribution in [1.82, 2.24) is 9.55 Å². The molecular weight excluding hydrogens is 202 g/mol. The van der Waals surface area contributed by atoms with E-state index in [4.69, 9.17) is 0 Å². The largest absolute Gasteiger partial charge is 0.546 e. The first-order valence-corrected chi connectivity index (χ1v) is 4.38. The van der Waals surface area contributed by atoms with Gasteiger partial charge in [0.2, 0.25) is 0 Å². The molecule has 82 valence electrons. The summed E-state index contributed by atoms with van der Waals surface area (Å²) >= 11 is 0. The van der Waals surface area contributed by atoms with E-state index in [9.17, 15) is 20.0 Å². The third-order valence-electron chi connectivity index (χ3n) is 2.10. The summed E-state index contributed by atoms with van der Waals surface area (Å²) in [5, 5.41) is 21.4. The number of hydrogen-bond donors (Lipinski definition) is 0. The van der Waals surface area contributed by atoms with Gasteiger partial charge >= 0.3 is 5.95 Å². The van der Waals surface area contributed by atoms with Gasteiger partial charge in [-0.2, -0.15) is 0 Å². The van der Waals surface area contributed by atoms with Gasteiger partial charge in [-0.25, -0.2) is 4.57 Å². The van der Waals surface area contributed by atoms with Crippen molar-refractivity contribution in [1.29, 1.82) is 0 Å². The summed E-state index contributed by atoms with van der Waals surface area (Å²) in [5.74, 6) is -1.81. The van der Waals surface area contributed by atoms with E-state index in [1.54, 1.807) is 13.8 Å². The molecule has 0 aliphatic heterocycles. The zero-order valence-corrected chi connectivity index (χ0v) is 8.34. The van der Waals surface area contributed by atoms with E-state index in [2.05, 4.69) is 4.98 Å². The Morgan fingerprint density at radius 2 is 2.33 bits per heavy atom. The van der Waals surface area contributed by atoms with E-state index < -0.39 is 22.9 Å². The van der Waals surface area contributed by atoms with Crippen molar-refractivity contribution in [3.8, 4) is 0 Å². The molecule has 0 fully saturated rings. The van der Waals surface area contributed by atoms with Crippen molar-refractivity contribution in [2.75, 3.05) is 0 Å². The van der Waals surface area contributed by atoms with E-state index in [-0.39, 0.29) is 6.42 Å². The van der Waals surface area contributed by atoms with Gasteiger partial charge in [0.15, 0.2) is 0 Å². The number of aromatic nitrogens is 2. The molecule has 0 radical (unpaired) electrons. The fourth-order valence-corrected chi connectivity index (χ4v) is 1.41. The number of carboxylic acids is 1. The predicted molar refractivity (Wildman–Crippen MR) is 48.0 cm³/mol. The van der Waals surface area contributed by atoms with E-state index in [0.717, 1.165) is 4.57 Å². The third kappa shape index (κ3) is 1.95. The standard InChI is InChI=1S/C8H11N3O4/c1-3-6(7(12)13)10-5(2)4-9-8(10)11(14)15/h4,6H,3H2,1-2H3,(H,12,13)/p-1. The lowest BCUT2D eigenvalue weighted by Crippen LogP contribution is -2.33. The second-order valence-corrected chi connectivity index (χ2v) is 3.07. The van der Waals surface area contributed by atoms with Crippen LogP contribution in [0.1, 0.15) is 25.1 Å². The summed E-state index contributed by atoms with van der Waals surface area (Å²) in [6.07, 6.45) is 1.48. The van der Waals surface area contributed by atoms with Crippen LogP contribution >= 0.6 is 0 Å². The van der Waals surface area contributed by atoms with Crippen molar-refractivity contribution in [2.24, 2.45) is 0 Å². The van der Waals surface area contributed by atoms with Crippen LogP contribution < -0.4 is 5.11 Å². The van der Waals surface area contributed by atoms with E-state index in [1.165, 1.54) is 6.20 Å². The van der Waals surface area contributed by atoms with Crippen LogP contribution in [0.15, 0.2) is 6.20 Å². The first-order chi connectivity index (χ1) is 6.99. The smallest absolute Gasteiger partial charge is 0.435 e. The molecule has 7 nitrogen and oxygen atoms in total. The van der Waals surface area contributed by atoms with Crippen molar-refractivity contribution in [2.45, 2.75) is 26.3 Å². The molecule has 0 spiro atoms. The van der Waals surface area contributed by atoms with E-state index in [1.807, 2.05) is 0 Å². The van der Waals surface area contributed by atoms with Crippen LogP contribution in [0.2, 0.25) is 0 Å². The molecule has 1 heterocycles. The molecule has 1 aromatic rings. The fourth-order valence-electron chi connectivity index (χ4n) is 1.41. The Morgan fingerprint density at radius 1 is 1.73 bits per heavy atom. The molecule has 0 aliphatic rings. The average molecular weight is 212 g/mol. The second-order valence-electron chi connectivity index (χ2n) is 3.07. The molecule has 0 aliphatic carbocycles.